The van der Waals surface area contributed by atoms with Gasteiger partial charge < -0.3 is 20.8 Å². The van der Waals surface area contributed by atoms with Crippen molar-refractivity contribution in [3.63, 3.8) is 0 Å². The minimum atomic E-state index is -0.609. The molecule has 0 aliphatic carbocycles. The van der Waals surface area contributed by atoms with Crippen LogP contribution in [0.5, 0.6) is 0 Å². The van der Waals surface area contributed by atoms with Gasteiger partial charge in [-0.25, -0.2) is 4.79 Å². The second kappa shape index (κ2) is 7.71. The number of hydrogen-bond acceptors (Lipinski definition) is 6. The van der Waals surface area contributed by atoms with Gasteiger partial charge in [0, 0.05) is 19.6 Å². The SMILES string of the molecule is CCCCn1c(N)c(N(CCO)CCO)c(=O)[nH]c1=O. The number of rotatable bonds is 8. The molecule has 0 saturated heterocycles. The number of unbranched alkanes of at least 4 members (excludes halogenated alkanes) is 1. The fraction of sp³-hybridized carbons (Fsp3) is 0.667. The molecule has 0 saturated carbocycles. The van der Waals surface area contributed by atoms with Gasteiger partial charge in [0.05, 0.1) is 13.2 Å². The lowest BCUT2D eigenvalue weighted by Crippen LogP contribution is -2.40. The first kappa shape index (κ1) is 16.3. The minimum absolute atomic E-state index is 0.0640. The zero-order valence-electron chi connectivity index (χ0n) is 11.6. The van der Waals surface area contributed by atoms with Crippen LogP contribution in [0.4, 0.5) is 11.5 Å². The number of nitrogens with one attached hydrogen (secondary N) is 1. The Hall–Kier alpha value is -1.80. The summed E-state index contributed by atoms with van der Waals surface area (Å²) in [7, 11) is 0. The Morgan fingerprint density at radius 2 is 1.85 bits per heavy atom. The molecule has 8 heteroatoms. The van der Waals surface area contributed by atoms with Gasteiger partial charge in [-0.05, 0) is 6.42 Å². The van der Waals surface area contributed by atoms with Crippen molar-refractivity contribution in [3.8, 4) is 0 Å². The first-order chi connectivity index (χ1) is 9.56. The normalized spacial score (nSPS) is 10.8. The van der Waals surface area contributed by atoms with Crippen LogP contribution in [-0.4, -0.2) is 46.1 Å². The molecule has 0 aliphatic heterocycles. The van der Waals surface area contributed by atoms with E-state index in [0.29, 0.717) is 6.54 Å². The van der Waals surface area contributed by atoms with Crippen molar-refractivity contribution in [1.29, 1.82) is 0 Å². The van der Waals surface area contributed by atoms with E-state index in [1.54, 1.807) is 0 Å². The minimum Gasteiger partial charge on any atom is -0.395 e. The lowest BCUT2D eigenvalue weighted by molar-refractivity contribution is 0.281. The molecule has 0 radical (unpaired) electrons. The predicted octanol–water partition coefficient (Wildman–Crippen LogP) is -1.29. The van der Waals surface area contributed by atoms with E-state index in [9.17, 15) is 9.59 Å². The molecule has 1 heterocycles. The number of aromatic amines is 1. The van der Waals surface area contributed by atoms with Gasteiger partial charge in [-0.3, -0.25) is 14.3 Å². The van der Waals surface area contributed by atoms with Crippen LogP contribution in [0.25, 0.3) is 0 Å². The first-order valence-corrected chi connectivity index (χ1v) is 6.66. The van der Waals surface area contributed by atoms with E-state index in [-0.39, 0.29) is 37.8 Å². The van der Waals surface area contributed by atoms with E-state index in [2.05, 4.69) is 4.98 Å². The van der Waals surface area contributed by atoms with E-state index >= 15 is 0 Å². The molecule has 0 fully saturated rings. The van der Waals surface area contributed by atoms with Crippen LogP contribution in [0.3, 0.4) is 0 Å². The van der Waals surface area contributed by atoms with Crippen LogP contribution >= 0.6 is 0 Å². The summed E-state index contributed by atoms with van der Waals surface area (Å²) in [5.74, 6) is 0.0640. The van der Waals surface area contributed by atoms with Crippen LogP contribution < -0.4 is 21.9 Å². The molecule has 0 aliphatic rings. The van der Waals surface area contributed by atoms with Crippen molar-refractivity contribution in [3.05, 3.63) is 20.8 Å². The second-order valence-corrected chi connectivity index (χ2v) is 4.43. The molecular formula is C12H22N4O4. The molecule has 0 spiro atoms. The van der Waals surface area contributed by atoms with Gasteiger partial charge in [0.2, 0.25) is 0 Å². The van der Waals surface area contributed by atoms with Gasteiger partial charge in [0.25, 0.3) is 5.56 Å². The number of aromatic nitrogens is 2. The van der Waals surface area contributed by atoms with Gasteiger partial charge in [-0.15, -0.1) is 0 Å². The van der Waals surface area contributed by atoms with Crippen molar-refractivity contribution < 1.29 is 10.2 Å². The van der Waals surface area contributed by atoms with Crippen molar-refractivity contribution in [2.75, 3.05) is 36.9 Å². The van der Waals surface area contributed by atoms with Crippen molar-refractivity contribution in [2.24, 2.45) is 0 Å². The maximum Gasteiger partial charge on any atom is 0.330 e. The largest absolute Gasteiger partial charge is 0.395 e. The van der Waals surface area contributed by atoms with E-state index in [0.717, 1.165) is 12.8 Å². The predicted molar refractivity (Wildman–Crippen MR) is 77.0 cm³/mol. The highest BCUT2D eigenvalue weighted by atomic mass is 16.3. The topological polar surface area (TPSA) is 125 Å². The molecule has 114 valence electrons. The van der Waals surface area contributed by atoms with E-state index in [1.807, 2.05) is 6.92 Å². The van der Waals surface area contributed by atoms with Gasteiger partial charge in [-0.2, -0.15) is 0 Å². The Kier molecular flexibility index (Phi) is 6.26. The third-order valence-corrected chi connectivity index (χ3v) is 3.01. The second-order valence-electron chi connectivity index (χ2n) is 4.43. The average Bonchev–Trinajstić information content (AvgIpc) is 2.38. The quantitative estimate of drug-likeness (QED) is 0.471. The number of nitrogens with two attached hydrogens (primary N) is 1. The molecule has 0 atom stereocenters. The smallest absolute Gasteiger partial charge is 0.330 e. The van der Waals surface area contributed by atoms with E-state index in [1.165, 1.54) is 9.47 Å². The summed E-state index contributed by atoms with van der Waals surface area (Å²) in [4.78, 5) is 27.4. The standard InChI is InChI=1S/C12H22N4O4/c1-2-3-4-16-10(13)9(11(19)14-12(16)20)15(5-7-17)6-8-18/h17-18H,2-8,13H2,1H3,(H,14,19,20). The Morgan fingerprint density at radius 3 is 2.35 bits per heavy atom. The van der Waals surface area contributed by atoms with Crippen molar-refractivity contribution in [2.45, 2.75) is 26.3 Å². The summed E-state index contributed by atoms with van der Waals surface area (Å²) in [5.41, 5.74) is 4.89. The third-order valence-electron chi connectivity index (χ3n) is 3.01. The number of hydrogen-bond donors (Lipinski definition) is 4. The number of aliphatic hydroxyl groups excluding tert-OH is 2. The van der Waals surface area contributed by atoms with Crippen LogP contribution in [0.2, 0.25) is 0 Å². The lowest BCUT2D eigenvalue weighted by Gasteiger charge is -2.24. The van der Waals surface area contributed by atoms with Gasteiger partial charge in [0.15, 0.2) is 0 Å². The molecule has 20 heavy (non-hydrogen) atoms. The lowest BCUT2D eigenvalue weighted by atomic mass is 10.3. The van der Waals surface area contributed by atoms with Gasteiger partial charge in [-0.1, -0.05) is 13.3 Å². The van der Waals surface area contributed by atoms with Crippen molar-refractivity contribution >= 4 is 11.5 Å². The summed E-state index contributed by atoms with van der Waals surface area (Å²) >= 11 is 0. The highest BCUT2D eigenvalue weighted by Gasteiger charge is 2.17. The summed E-state index contributed by atoms with van der Waals surface area (Å²) < 4.78 is 1.31. The molecule has 0 aromatic carbocycles. The molecule has 0 amide bonds. The van der Waals surface area contributed by atoms with Gasteiger partial charge >= 0.3 is 5.69 Å². The Labute approximate surface area is 116 Å². The summed E-state index contributed by atoms with van der Waals surface area (Å²) in [6.45, 7) is 2.33. The highest BCUT2D eigenvalue weighted by Crippen LogP contribution is 2.16. The number of H-pyrrole nitrogens is 1. The zero-order valence-corrected chi connectivity index (χ0v) is 11.6. The van der Waals surface area contributed by atoms with E-state index in [4.69, 9.17) is 15.9 Å². The Morgan fingerprint density at radius 1 is 1.25 bits per heavy atom. The van der Waals surface area contributed by atoms with Crippen LogP contribution in [0, 0.1) is 0 Å². The average molecular weight is 286 g/mol. The fourth-order valence-electron chi connectivity index (χ4n) is 2.00. The maximum absolute atomic E-state index is 11.9. The molecule has 0 bridgehead atoms. The Bertz CT molecular complexity index is 531. The number of aliphatic hydroxyl groups is 2. The summed E-state index contributed by atoms with van der Waals surface area (Å²) in [6, 6.07) is 0. The van der Waals surface area contributed by atoms with Crippen LogP contribution in [0.1, 0.15) is 19.8 Å². The molecule has 0 unspecified atom stereocenters. The van der Waals surface area contributed by atoms with Crippen LogP contribution in [0.15, 0.2) is 9.59 Å². The van der Waals surface area contributed by atoms with Crippen molar-refractivity contribution in [1.82, 2.24) is 9.55 Å². The fourth-order valence-corrected chi connectivity index (χ4v) is 2.00. The molecule has 1 aromatic rings. The van der Waals surface area contributed by atoms with Crippen LogP contribution in [-0.2, 0) is 6.54 Å². The molecule has 5 N–H and O–H groups in total. The number of nitrogens with zero attached hydrogens (tertiary/aromatic N) is 2. The monoisotopic (exact) mass is 286 g/mol. The number of nitrogen functional groups attached to an aromatic ring is 1. The third kappa shape index (κ3) is 3.61. The number of anilines is 2. The molecule has 8 nitrogen and oxygen atoms in total. The summed E-state index contributed by atoms with van der Waals surface area (Å²) in [6.07, 6.45) is 1.65. The van der Waals surface area contributed by atoms with E-state index < -0.39 is 11.2 Å². The zero-order chi connectivity index (χ0) is 15.1. The molecule has 1 aromatic heterocycles. The molecule has 1 rings (SSSR count). The Balaban J connectivity index is 3.30. The molecular weight excluding hydrogens is 264 g/mol. The maximum atomic E-state index is 11.9. The highest BCUT2D eigenvalue weighted by molar-refractivity contribution is 5.62. The first-order valence-electron chi connectivity index (χ1n) is 6.66. The summed E-state index contributed by atoms with van der Waals surface area (Å²) in [5, 5.41) is 18.1. The van der Waals surface area contributed by atoms with Gasteiger partial charge in [0.1, 0.15) is 11.5 Å².